The minimum atomic E-state index is -0.0362. The Bertz CT molecular complexity index is 89.3. The van der Waals surface area contributed by atoms with Gasteiger partial charge in [0, 0.05) is 12.5 Å². The summed E-state index contributed by atoms with van der Waals surface area (Å²) in [6.07, 6.45) is 0.441. The van der Waals surface area contributed by atoms with Crippen LogP contribution in [0.4, 0.5) is 0 Å². The summed E-state index contributed by atoms with van der Waals surface area (Å²) >= 11 is 0. The summed E-state index contributed by atoms with van der Waals surface area (Å²) in [5.41, 5.74) is 10.4. The van der Waals surface area contributed by atoms with Crippen LogP contribution in [0, 0.1) is 0 Å². The van der Waals surface area contributed by atoms with Crippen molar-refractivity contribution in [3.63, 3.8) is 0 Å². The number of rotatable bonds is 2. The van der Waals surface area contributed by atoms with Gasteiger partial charge in [-0.15, -0.1) is 0 Å². The van der Waals surface area contributed by atoms with Crippen molar-refractivity contribution in [3.8, 4) is 0 Å². The third-order valence-electron chi connectivity index (χ3n) is 0.660. The fourth-order valence-electron chi connectivity index (χ4n) is 0.371. The largest absolute Gasteiger partial charge is 0.409 e. The maximum atomic E-state index is 7.99. The number of hydrogen-bond acceptors (Lipinski definition) is 3. The lowest BCUT2D eigenvalue weighted by molar-refractivity contribution is 0.316. The van der Waals surface area contributed by atoms with Crippen molar-refractivity contribution in [3.05, 3.63) is 0 Å². The van der Waals surface area contributed by atoms with Crippen LogP contribution in [0.25, 0.3) is 0 Å². The molecular weight excluding hydrogens is 106 g/mol. The summed E-state index contributed by atoms with van der Waals surface area (Å²) in [6, 6.07) is -0.0362. The van der Waals surface area contributed by atoms with Gasteiger partial charge in [-0.25, -0.2) is 0 Å². The Morgan fingerprint density at radius 2 is 2.38 bits per heavy atom. The number of hydrogen-bond donors (Lipinski definition) is 3. The molecule has 0 saturated carbocycles. The maximum Gasteiger partial charge on any atom is 0.140 e. The van der Waals surface area contributed by atoms with E-state index in [0.717, 1.165) is 0 Å². The highest BCUT2D eigenvalue weighted by molar-refractivity contribution is 5.80. The molecule has 0 radical (unpaired) electrons. The highest BCUT2D eigenvalue weighted by Crippen LogP contribution is 1.83. The van der Waals surface area contributed by atoms with Crippen molar-refractivity contribution in [1.29, 1.82) is 0 Å². The fourth-order valence-corrected chi connectivity index (χ4v) is 0.371. The van der Waals surface area contributed by atoms with Crippen LogP contribution >= 0.6 is 0 Å². The molecule has 0 aromatic heterocycles. The lowest BCUT2D eigenvalue weighted by Gasteiger charge is -1.99. The van der Waals surface area contributed by atoms with E-state index < -0.39 is 0 Å². The monoisotopic (exact) mass is 117 g/mol. The zero-order valence-electron chi connectivity index (χ0n) is 4.83. The molecule has 0 aliphatic heterocycles. The molecule has 4 nitrogen and oxygen atoms in total. The molecule has 0 amide bonds. The molecule has 0 aromatic carbocycles. The van der Waals surface area contributed by atoms with Crippen molar-refractivity contribution in [2.45, 2.75) is 19.4 Å². The molecule has 1 atom stereocenters. The van der Waals surface area contributed by atoms with Gasteiger partial charge in [0.15, 0.2) is 0 Å². The van der Waals surface area contributed by atoms with Crippen molar-refractivity contribution in [2.75, 3.05) is 0 Å². The van der Waals surface area contributed by atoms with Crippen molar-refractivity contribution in [1.82, 2.24) is 0 Å². The first-order valence-corrected chi connectivity index (χ1v) is 2.38. The summed E-state index contributed by atoms with van der Waals surface area (Å²) in [6.45, 7) is 1.79. The summed E-state index contributed by atoms with van der Waals surface area (Å²) in [5.74, 6) is 0.181. The van der Waals surface area contributed by atoms with Gasteiger partial charge in [-0.3, -0.25) is 0 Å². The molecule has 1 unspecified atom stereocenters. The number of nitrogens with zero attached hydrogens (tertiary/aromatic N) is 1. The highest BCUT2D eigenvalue weighted by Gasteiger charge is 1.95. The second kappa shape index (κ2) is 3.26. The van der Waals surface area contributed by atoms with Crippen molar-refractivity contribution < 1.29 is 5.21 Å². The Hall–Kier alpha value is -0.770. The molecule has 0 bridgehead atoms. The highest BCUT2D eigenvalue weighted by atomic mass is 16.4. The zero-order valence-corrected chi connectivity index (χ0v) is 4.83. The van der Waals surface area contributed by atoms with Gasteiger partial charge in [-0.05, 0) is 6.92 Å². The molecular formula is C4H11N3O. The SMILES string of the molecule is CC(N)C/C(N)=N/O. The van der Waals surface area contributed by atoms with Crippen molar-refractivity contribution in [2.24, 2.45) is 16.6 Å². The van der Waals surface area contributed by atoms with E-state index in [-0.39, 0.29) is 11.9 Å². The summed E-state index contributed by atoms with van der Waals surface area (Å²) in [4.78, 5) is 0. The van der Waals surface area contributed by atoms with Gasteiger partial charge < -0.3 is 16.7 Å². The first kappa shape index (κ1) is 7.23. The number of oxime groups is 1. The molecule has 0 aromatic rings. The Kier molecular flexibility index (Phi) is 2.95. The molecule has 4 heteroatoms. The van der Waals surface area contributed by atoms with Crippen LogP contribution in [0.15, 0.2) is 5.16 Å². The van der Waals surface area contributed by atoms with Crippen LogP contribution in [-0.2, 0) is 0 Å². The van der Waals surface area contributed by atoms with Gasteiger partial charge in [0.2, 0.25) is 0 Å². The van der Waals surface area contributed by atoms with Crippen LogP contribution in [0.5, 0.6) is 0 Å². The van der Waals surface area contributed by atoms with E-state index >= 15 is 0 Å². The summed E-state index contributed by atoms with van der Waals surface area (Å²) in [7, 11) is 0. The zero-order chi connectivity index (χ0) is 6.57. The number of amidine groups is 1. The van der Waals surface area contributed by atoms with E-state index in [1.54, 1.807) is 6.92 Å². The Balaban J connectivity index is 3.39. The van der Waals surface area contributed by atoms with E-state index in [0.29, 0.717) is 6.42 Å². The first-order valence-electron chi connectivity index (χ1n) is 2.38. The minimum Gasteiger partial charge on any atom is -0.409 e. The standard InChI is InChI=1S/C4H11N3O/c1-3(5)2-4(6)7-8/h3,8H,2,5H2,1H3,(H2,6,7). The quantitative estimate of drug-likeness (QED) is 0.197. The third-order valence-corrected chi connectivity index (χ3v) is 0.660. The van der Waals surface area contributed by atoms with Crippen LogP contribution in [0.1, 0.15) is 13.3 Å². The molecule has 0 aliphatic carbocycles. The van der Waals surface area contributed by atoms with Crippen LogP contribution in [0.2, 0.25) is 0 Å². The normalized spacial score (nSPS) is 16.0. The lowest BCUT2D eigenvalue weighted by Crippen LogP contribution is -2.24. The molecule has 5 N–H and O–H groups in total. The van der Waals surface area contributed by atoms with Gasteiger partial charge in [-0.2, -0.15) is 0 Å². The molecule has 0 rings (SSSR count). The van der Waals surface area contributed by atoms with E-state index in [9.17, 15) is 0 Å². The molecule has 0 fully saturated rings. The summed E-state index contributed by atoms with van der Waals surface area (Å²) < 4.78 is 0. The summed E-state index contributed by atoms with van der Waals surface area (Å²) in [5, 5.41) is 10.7. The second-order valence-corrected chi connectivity index (χ2v) is 1.77. The second-order valence-electron chi connectivity index (χ2n) is 1.77. The van der Waals surface area contributed by atoms with Gasteiger partial charge in [0.05, 0.1) is 0 Å². The number of nitrogens with two attached hydrogens (primary N) is 2. The molecule has 48 valence electrons. The van der Waals surface area contributed by atoms with Gasteiger partial charge in [0.25, 0.3) is 0 Å². The Labute approximate surface area is 48.2 Å². The fraction of sp³-hybridized carbons (Fsp3) is 0.750. The van der Waals surface area contributed by atoms with E-state index in [1.165, 1.54) is 0 Å². The maximum absolute atomic E-state index is 7.99. The van der Waals surface area contributed by atoms with E-state index in [2.05, 4.69) is 5.16 Å². The first-order chi connectivity index (χ1) is 3.66. The molecule has 0 saturated heterocycles. The topological polar surface area (TPSA) is 84.6 Å². The van der Waals surface area contributed by atoms with Crippen molar-refractivity contribution >= 4 is 5.84 Å². The molecule has 0 heterocycles. The van der Waals surface area contributed by atoms with Crippen LogP contribution < -0.4 is 11.5 Å². The molecule has 8 heavy (non-hydrogen) atoms. The smallest absolute Gasteiger partial charge is 0.140 e. The third kappa shape index (κ3) is 3.42. The average molecular weight is 117 g/mol. The van der Waals surface area contributed by atoms with Crippen LogP contribution in [-0.4, -0.2) is 17.1 Å². The molecule has 0 spiro atoms. The Morgan fingerprint density at radius 3 is 2.50 bits per heavy atom. The van der Waals surface area contributed by atoms with Gasteiger partial charge in [0.1, 0.15) is 5.84 Å². The predicted molar refractivity (Wildman–Crippen MR) is 31.7 cm³/mol. The van der Waals surface area contributed by atoms with Gasteiger partial charge in [-0.1, -0.05) is 5.16 Å². The lowest BCUT2D eigenvalue weighted by atomic mass is 10.2. The van der Waals surface area contributed by atoms with E-state index in [1.807, 2.05) is 0 Å². The van der Waals surface area contributed by atoms with Crippen LogP contribution in [0.3, 0.4) is 0 Å². The van der Waals surface area contributed by atoms with Gasteiger partial charge >= 0.3 is 0 Å². The Morgan fingerprint density at radius 1 is 1.88 bits per heavy atom. The molecule has 0 aliphatic rings. The predicted octanol–water partition coefficient (Wildman–Crippen LogP) is -0.530. The average Bonchev–Trinajstić information content (AvgIpc) is 1.65. The van der Waals surface area contributed by atoms with E-state index in [4.69, 9.17) is 16.7 Å². The minimum absolute atomic E-state index is 0.0362.